The number of nitrogens with zero attached hydrogens (tertiary/aromatic N) is 2. The van der Waals surface area contributed by atoms with Gasteiger partial charge in [-0.25, -0.2) is 0 Å². The van der Waals surface area contributed by atoms with E-state index in [-0.39, 0.29) is 17.6 Å². The number of carbonyl (C=O) groups excluding carboxylic acids is 1. The number of piperazine rings is 1. The molecule has 1 unspecified atom stereocenters. The minimum Gasteiger partial charge on any atom is -0.336 e. The summed E-state index contributed by atoms with van der Waals surface area (Å²) >= 11 is 0. The van der Waals surface area contributed by atoms with Crippen LogP contribution in [0, 0.1) is 0 Å². The first-order valence-corrected chi connectivity index (χ1v) is 8.54. The highest BCUT2D eigenvalue weighted by molar-refractivity contribution is 5.83. The van der Waals surface area contributed by atoms with E-state index < -0.39 is 0 Å². The molecule has 1 aromatic rings. The fourth-order valence-corrected chi connectivity index (χ4v) is 4.21. The smallest absolute Gasteiger partial charge is 0.242 e. The van der Waals surface area contributed by atoms with Crippen molar-refractivity contribution in [1.82, 2.24) is 9.96 Å². The Hall–Kier alpha value is -1.39. The zero-order valence-electron chi connectivity index (χ0n) is 13.0. The van der Waals surface area contributed by atoms with Crippen LogP contribution in [0.3, 0.4) is 0 Å². The lowest BCUT2D eigenvalue weighted by molar-refractivity contribution is -0.224. The van der Waals surface area contributed by atoms with Crippen molar-refractivity contribution in [3.8, 4) is 0 Å². The predicted octanol–water partition coefficient (Wildman–Crippen LogP) is 2.74. The van der Waals surface area contributed by atoms with Crippen molar-refractivity contribution in [2.75, 3.05) is 13.1 Å². The highest BCUT2D eigenvalue weighted by atomic mass is 16.7. The van der Waals surface area contributed by atoms with Gasteiger partial charge in [-0.1, -0.05) is 49.6 Å². The molecule has 4 rings (SSSR count). The van der Waals surface area contributed by atoms with Gasteiger partial charge in [0.05, 0.1) is 5.60 Å². The van der Waals surface area contributed by atoms with Crippen molar-refractivity contribution < 1.29 is 9.63 Å². The summed E-state index contributed by atoms with van der Waals surface area (Å²) in [7, 11) is 0. The molecule has 0 aromatic heterocycles. The number of rotatable bonds is 2. The van der Waals surface area contributed by atoms with Crippen LogP contribution in [0.1, 0.15) is 44.1 Å². The summed E-state index contributed by atoms with van der Waals surface area (Å²) in [6.07, 6.45) is 6.91. The zero-order valence-corrected chi connectivity index (χ0v) is 13.0. The van der Waals surface area contributed by atoms with Crippen molar-refractivity contribution in [2.45, 2.75) is 56.7 Å². The SMILES string of the molecule is O=C1C2CC3(CCCCC3)ON2CCN1Cc1ccccc1. The van der Waals surface area contributed by atoms with Gasteiger partial charge in [-0.05, 0) is 18.4 Å². The predicted molar refractivity (Wildman–Crippen MR) is 83.9 cm³/mol. The van der Waals surface area contributed by atoms with E-state index in [0.717, 1.165) is 38.9 Å². The summed E-state index contributed by atoms with van der Waals surface area (Å²) in [6, 6.07) is 10.2. The second-order valence-corrected chi connectivity index (χ2v) is 6.94. The molecule has 1 spiro atoms. The van der Waals surface area contributed by atoms with Crippen LogP contribution in [0.2, 0.25) is 0 Å². The van der Waals surface area contributed by atoms with Crippen LogP contribution in [0.4, 0.5) is 0 Å². The normalized spacial score (nSPS) is 28.1. The molecule has 2 saturated heterocycles. The van der Waals surface area contributed by atoms with E-state index in [2.05, 4.69) is 12.1 Å². The molecular formula is C18H24N2O2. The Morgan fingerprint density at radius 3 is 2.64 bits per heavy atom. The second-order valence-electron chi connectivity index (χ2n) is 6.94. The maximum atomic E-state index is 12.8. The molecule has 118 valence electrons. The Kier molecular flexibility index (Phi) is 3.66. The van der Waals surface area contributed by atoms with E-state index in [1.165, 1.54) is 24.8 Å². The number of carbonyl (C=O) groups is 1. The van der Waals surface area contributed by atoms with Gasteiger partial charge < -0.3 is 4.90 Å². The molecule has 3 fully saturated rings. The number of fused-ring (bicyclic) bond motifs is 1. The molecule has 1 atom stereocenters. The highest BCUT2D eigenvalue weighted by Gasteiger charge is 2.51. The molecule has 4 heteroatoms. The molecule has 2 heterocycles. The van der Waals surface area contributed by atoms with Crippen LogP contribution in [0.5, 0.6) is 0 Å². The standard InChI is InChI=1S/C18H24N2O2/c21-17-16-13-18(9-5-2-6-10-18)22-20(16)12-11-19(17)14-15-7-3-1-4-8-15/h1,3-4,7-8,16H,2,5-6,9-14H2. The van der Waals surface area contributed by atoms with E-state index in [4.69, 9.17) is 4.84 Å². The van der Waals surface area contributed by atoms with Crippen LogP contribution in [0.15, 0.2) is 30.3 Å². The van der Waals surface area contributed by atoms with Crippen LogP contribution < -0.4 is 0 Å². The van der Waals surface area contributed by atoms with Crippen LogP contribution in [-0.2, 0) is 16.2 Å². The Bertz CT molecular complexity index is 539. The molecule has 1 aromatic carbocycles. The third kappa shape index (κ3) is 2.55. The minimum atomic E-state index is -0.0597. The number of benzene rings is 1. The number of hydroxylamine groups is 2. The Morgan fingerprint density at radius 1 is 1.09 bits per heavy atom. The number of hydrogen-bond donors (Lipinski definition) is 0. The molecule has 0 radical (unpaired) electrons. The quantitative estimate of drug-likeness (QED) is 0.842. The molecule has 1 aliphatic carbocycles. The molecule has 0 N–H and O–H groups in total. The van der Waals surface area contributed by atoms with Gasteiger partial charge in [0.15, 0.2) is 0 Å². The van der Waals surface area contributed by atoms with Crippen LogP contribution in [-0.4, -0.2) is 40.6 Å². The van der Waals surface area contributed by atoms with Crippen LogP contribution >= 0.6 is 0 Å². The van der Waals surface area contributed by atoms with Gasteiger partial charge in [-0.3, -0.25) is 9.63 Å². The first-order valence-electron chi connectivity index (χ1n) is 8.54. The van der Waals surface area contributed by atoms with Gasteiger partial charge in [-0.15, -0.1) is 0 Å². The van der Waals surface area contributed by atoms with Crippen LogP contribution in [0.25, 0.3) is 0 Å². The van der Waals surface area contributed by atoms with Gasteiger partial charge in [-0.2, -0.15) is 5.06 Å². The summed E-state index contributed by atoms with van der Waals surface area (Å²) in [5.41, 5.74) is 1.16. The fourth-order valence-electron chi connectivity index (χ4n) is 4.21. The van der Waals surface area contributed by atoms with Crippen molar-refractivity contribution in [3.63, 3.8) is 0 Å². The fraction of sp³-hybridized carbons (Fsp3) is 0.611. The average molecular weight is 300 g/mol. The van der Waals surface area contributed by atoms with E-state index in [1.807, 2.05) is 28.2 Å². The van der Waals surface area contributed by atoms with Gasteiger partial charge in [0.1, 0.15) is 6.04 Å². The summed E-state index contributed by atoms with van der Waals surface area (Å²) in [5, 5.41) is 1.98. The van der Waals surface area contributed by atoms with E-state index in [9.17, 15) is 4.79 Å². The zero-order chi connectivity index (χ0) is 15.0. The van der Waals surface area contributed by atoms with E-state index >= 15 is 0 Å². The third-order valence-electron chi connectivity index (χ3n) is 5.39. The van der Waals surface area contributed by atoms with Crippen molar-refractivity contribution in [3.05, 3.63) is 35.9 Å². The molecule has 1 saturated carbocycles. The molecule has 2 aliphatic heterocycles. The lowest BCUT2D eigenvalue weighted by Crippen LogP contribution is -2.53. The van der Waals surface area contributed by atoms with Gasteiger partial charge >= 0.3 is 0 Å². The van der Waals surface area contributed by atoms with Crippen molar-refractivity contribution >= 4 is 5.91 Å². The lowest BCUT2D eigenvalue weighted by atomic mass is 9.81. The van der Waals surface area contributed by atoms with Gasteiger partial charge in [0, 0.05) is 26.1 Å². The summed E-state index contributed by atoms with van der Waals surface area (Å²) in [4.78, 5) is 21.1. The monoisotopic (exact) mass is 300 g/mol. The van der Waals surface area contributed by atoms with Gasteiger partial charge in [0.25, 0.3) is 0 Å². The van der Waals surface area contributed by atoms with Crippen molar-refractivity contribution in [1.29, 1.82) is 0 Å². The molecule has 4 nitrogen and oxygen atoms in total. The summed E-state index contributed by atoms with van der Waals surface area (Å²) in [6.45, 7) is 2.32. The Balaban J connectivity index is 1.46. The topological polar surface area (TPSA) is 32.8 Å². The number of hydrogen-bond acceptors (Lipinski definition) is 3. The molecular weight excluding hydrogens is 276 g/mol. The molecule has 3 aliphatic rings. The Labute approximate surface area is 132 Å². The molecule has 0 bridgehead atoms. The largest absolute Gasteiger partial charge is 0.336 e. The Morgan fingerprint density at radius 2 is 1.86 bits per heavy atom. The number of amides is 1. The first kappa shape index (κ1) is 14.2. The molecule has 22 heavy (non-hydrogen) atoms. The average Bonchev–Trinajstić information content (AvgIpc) is 2.91. The summed E-state index contributed by atoms with van der Waals surface area (Å²) < 4.78 is 0. The second kappa shape index (κ2) is 5.67. The van der Waals surface area contributed by atoms with Gasteiger partial charge in [0.2, 0.25) is 5.91 Å². The highest BCUT2D eigenvalue weighted by Crippen LogP contribution is 2.43. The van der Waals surface area contributed by atoms with Crippen molar-refractivity contribution in [2.24, 2.45) is 0 Å². The first-order chi connectivity index (χ1) is 10.8. The summed E-state index contributed by atoms with van der Waals surface area (Å²) in [5.74, 6) is 0.248. The maximum Gasteiger partial charge on any atom is 0.242 e. The van der Waals surface area contributed by atoms with E-state index in [1.54, 1.807) is 0 Å². The minimum absolute atomic E-state index is 0.0403. The maximum absolute atomic E-state index is 12.8. The van der Waals surface area contributed by atoms with E-state index in [0.29, 0.717) is 0 Å². The third-order valence-corrected chi connectivity index (χ3v) is 5.39. The molecule has 1 amide bonds. The lowest BCUT2D eigenvalue weighted by Gasteiger charge is -2.36.